The van der Waals surface area contributed by atoms with Gasteiger partial charge in [-0.2, -0.15) is 0 Å². The molecule has 0 aliphatic rings. The third-order valence-electron chi connectivity index (χ3n) is 5.39. The van der Waals surface area contributed by atoms with E-state index in [-0.39, 0.29) is 1870 Å². The van der Waals surface area contributed by atoms with Gasteiger partial charge in [-0.3, -0.25) is 9.36 Å². The minimum atomic E-state index is -3.33. The van der Waals surface area contributed by atoms with Crippen LogP contribution in [0.2, 0.25) is 0 Å². The Morgan fingerprint density at radius 3 is 0.693 bits per heavy atom. The van der Waals surface area contributed by atoms with Gasteiger partial charge in [-0.1, -0.05) is 83.3 Å². The van der Waals surface area contributed by atoms with E-state index in [0.717, 1.165) is 45.1 Å². The van der Waals surface area contributed by atoms with Gasteiger partial charge in [-0.25, -0.2) is 0 Å². The molecule has 0 aliphatic heterocycles. The van der Waals surface area contributed by atoms with Gasteiger partial charge in [0.25, 0.3) is 0 Å². The molecule has 0 spiro atoms. The quantitative estimate of drug-likeness (QED) is 0.0637. The van der Waals surface area contributed by atoms with E-state index in [4.69, 9.17) is 9.42 Å². The van der Waals surface area contributed by atoms with Crippen LogP contribution in [0.1, 0.15) is 122 Å². The Balaban J connectivity index is -0.00000000282. The molecule has 0 aromatic heterocycles. The number of rotatable bonds is 23. The minimum absolute atomic E-state index is 0. The van der Waals surface area contributed by atoms with Crippen LogP contribution in [0.3, 0.4) is 0 Å². The Morgan fingerprint density at radius 1 is 0.295 bits per heavy atom. The fourth-order valence-corrected chi connectivity index (χ4v) is 3.95. The summed E-state index contributed by atoms with van der Waals surface area (Å²) in [4.78, 5) is 20.8. The van der Waals surface area contributed by atoms with Gasteiger partial charge in [0.2, 0.25) is 5.91 Å². The standard InChI is InChI=1S/C25H50NO4P.57Y/c1-3-4-5-6-7-8-9-10-11-12-13-14-15-16-19-22-25(27)26-23-20-17-18-21-24-30-31(2,28)29;;;;;;;;;;;;;;;;;;;;;;;;;;;;;;;;;;;;;;;;;;;;;;;;;;;;;;;;;/h10-11H,3-9,12-24H2,1-2H3,(H,26,27)(H,28,29);;;;;;;;;;;;;;;;;;;;;;;;;;;;;;;;;;;;;;;;;;;;;;;;;;;;;;;;;/b11-10+;;;;;;;;;;;;;;;;;;;;;;;;;;;;;;;;;;;;;;;;;;;;;;;;;;;;;;;;;. The number of carbonyl (C=O) groups excluding carboxylic acids is 1. The summed E-state index contributed by atoms with van der Waals surface area (Å²) in [6.07, 6.45) is 25.5. The number of hydrogen-bond acceptors (Lipinski definition) is 3. The van der Waals surface area contributed by atoms with Crippen LogP contribution < -0.4 is 5.32 Å². The van der Waals surface area contributed by atoms with Gasteiger partial charge in [0.15, 0.2) is 0 Å². The molecule has 1 amide bonds. The summed E-state index contributed by atoms with van der Waals surface area (Å²) in [6.45, 7) is 4.51. The van der Waals surface area contributed by atoms with Gasteiger partial charge in [-0.05, 0) is 44.9 Å². The summed E-state index contributed by atoms with van der Waals surface area (Å²) in [7, 11) is -3.33. The summed E-state index contributed by atoms with van der Waals surface area (Å²) < 4.78 is 15.8. The smallest absolute Gasteiger partial charge is 0.325 e. The van der Waals surface area contributed by atoms with Crippen molar-refractivity contribution in [2.45, 2.75) is 122 Å². The molecular weight excluding hydrogens is 5480 g/mol. The average molecular weight is 5530 g/mol. The first kappa shape index (κ1) is 393. The normalized spacial score (nSPS) is 4.76. The van der Waals surface area contributed by atoms with Crippen LogP contribution in [-0.2, 0) is 1880 Å². The first-order chi connectivity index (χ1) is 15.0. The Kier molecular flexibility index (Phi) is 1620. The number of nitrogens with one attached hydrogen (secondary N) is 1. The molecule has 57 radical (unpaired) electrons. The van der Waals surface area contributed by atoms with Crippen LogP contribution in [-0.4, -0.2) is 30.6 Å². The number of unbranched alkanes of at least 4 members (excludes halogenated alkanes) is 14. The largest absolute Gasteiger partial charge is 0.356 e. The van der Waals surface area contributed by atoms with Crippen molar-refractivity contribution < 1.29 is 1880 Å². The maximum atomic E-state index is 11.8. The molecule has 63 heteroatoms. The number of hydrogen-bond donors (Lipinski definition) is 2. The molecule has 0 saturated heterocycles. The van der Waals surface area contributed by atoms with Crippen LogP contribution in [0.15, 0.2) is 12.2 Å². The van der Waals surface area contributed by atoms with Crippen molar-refractivity contribution in [1.29, 1.82) is 0 Å². The molecule has 1 unspecified atom stereocenters. The molecule has 355 valence electrons. The van der Waals surface area contributed by atoms with Gasteiger partial charge in [0.05, 0.1) is 6.61 Å². The fraction of sp³-hybridized carbons (Fsp3) is 0.880. The van der Waals surface area contributed by atoms with Gasteiger partial charge >= 0.3 is 7.60 Å². The van der Waals surface area contributed by atoms with Gasteiger partial charge in [-0.15, -0.1) is 0 Å². The monoisotopic (exact) mass is 5530 g/mol. The molecule has 0 bridgehead atoms. The molecule has 0 aromatic carbocycles. The Hall–Kier alpha value is 62.3. The summed E-state index contributed by atoms with van der Waals surface area (Å²) in [5, 5.41) is 2.98. The first-order valence-corrected chi connectivity index (χ1v) is 14.8. The van der Waals surface area contributed by atoms with Crippen molar-refractivity contribution >= 4 is 13.5 Å². The molecule has 0 saturated carbocycles. The van der Waals surface area contributed by atoms with Crippen molar-refractivity contribution in [3.63, 3.8) is 0 Å². The van der Waals surface area contributed by atoms with Crippen molar-refractivity contribution in [3.8, 4) is 0 Å². The van der Waals surface area contributed by atoms with E-state index in [1.54, 1.807) is 0 Å². The van der Waals surface area contributed by atoms with E-state index in [1.807, 2.05) is 0 Å². The minimum Gasteiger partial charge on any atom is -0.356 e. The van der Waals surface area contributed by atoms with Crippen LogP contribution in [0.25, 0.3) is 0 Å². The average Bonchev–Trinajstić information content (AvgIpc) is 2.72. The molecule has 2 N–H and O–H groups in total. The number of carbonyl (C=O) groups is 1. The fourth-order valence-electron chi connectivity index (χ4n) is 3.49. The number of allylic oxidation sites excluding steroid dienone is 2. The first-order valence-electron chi connectivity index (χ1n) is 12.8. The second-order valence-electron chi connectivity index (χ2n) is 8.73. The summed E-state index contributed by atoms with van der Waals surface area (Å²) in [5.41, 5.74) is 0. The third-order valence-corrected chi connectivity index (χ3v) is 6.05. The Morgan fingerprint density at radius 2 is 0.477 bits per heavy atom. The maximum Gasteiger partial charge on any atom is 0.325 e. The molecule has 88 heavy (non-hydrogen) atoms. The van der Waals surface area contributed by atoms with Crippen molar-refractivity contribution in [2.75, 3.05) is 19.8 Å². The van der Waals surface area contributed by atoms with Crippen molar-refractivity contribution in [2.24, 2.45) is 0 Å². The molecule has 0 rings (SSSR count). The van der Waals surface area contributed by atoms with E-state index in [9.17, 15) is 9.36 Å². The predicted octanol–water partition coefficient (Wildman–Crippen LogP) is 7.39. The van der Waals surface area contributed by atoms with Crippen LogP contribution in [0.4, 0.5) is 0 Å². The maximum absolute atomic E-state index is 11.8. The molecule has 0 aromatic rings. The van der Waals surface area contributed by atoms with E-state index in [2.05, 4.69) is 24.4 Å². The summed E-state index contributed by atoms with van der Waals surface area (Å²) in [6, 6.07) is 0. The van der Waals surface area contributed by atoms with Gasteiger partial charge < -0.3 is 14.7 Å². The molecule has 1 atom stereocenters. The van der Waals surface area contributed by atoms with E-state index >= 15 is 0 Å². The molecule has 0 heterocycles. The topological polar surface area (TPSA) is 75.6 Å². The van der Waals surface area contributed by atoms with Gasteiger partial charge in [0.1, 0.15) is 0 Å². The summed E-state index contributed by atoms with van der Waals surface area (Å²) >= 11 is 0. The van der Waals surface area contributed by atoms with Gasteiger partial charge in [0, 0.05) is 1880 Å². The molecule has 0 aliphatic carbocycles. The number of amides is 1. The zero-order valence-corrected chi connectivity index (χ0v) is 216. The van der Waals surface area contributed by atoms with E-state index in [1.165, 1.54) is 77.3 Å². The van der Waals surface area contributed by atoms with Crippen molar-refractivity contribution in [1.82, 2.24) is 5.32 Å². The van der Waals surface area contributed by atoms with Crippen LogP contribution in [0, 0.1) is 0 Å². The molecule has 0 fully saturated rings. The van der Waals surface area contributed by atoms with Crippen LogP contribution in [0.5, 0.6) is 0 Å². The zero-order valence-electron chi connectivity index (χ0n) is 53.3. The second kappa shape index (κ2) is 362. The SMILES string of the molecule is CCCCCCCC/C=C/CCCCCCCC(=O)NCCCCCCOP(C)(=O)O.[Y].[Y].[Y].[Y].[Y].[Y].[Y].[Y].[Y].[Y].[Y].[Y].[Y].[Y].[Y].[Y].[Y].[Y].[Y].[Y].[Y].[Y].[Y].[Y].[Y].[Y].[Y].[Y].[Y].[Y].[Y].[Y].[Y].[Y].[Y].[Y].[Y].[Y].[Y].[Y].[Y].[Y].[Y].[Y].[Y].[Y].[Y].[Y].[Y].[Y].[Y].[Y].[Y].[Y].[Y].[Y].[Y]. The third kappa shape index (κ3) is 386. The Labute approximate surface area is 1980 Å². The molecule has 5 nitrogen and oxygen atoms in total. The van der Waals surface area contributed by atoms with E-state index in [0.29, 0.717) is 13.0 Å². The zero-order chi connectivity index (χ0) is 23.0. The Bertz CT molecular complexity index is 559. The second-order valence-corrected chi connectivity index (χ2v) is 10.6. The van der Waals surface area contributed by atoms with Crippen LogP contribution >= 0.6 is 7.60 Å². The molecular formula is C25H50NO4PY57. The van der Waals surface area contributed by atoms with Crippen molar-refractivity contribution in [3.05, 3.63) is 12.2 Å². The van der Waals surface area contributed by atoms with E-state index < -0.39 is 7.60 Å². The predicted molar refractivity (Wildman–Crippen MR) is 133 cm³/mol. The summed E-state index contributed by atoms with van der Waals surface area (Å²) in [5.74, 6) is 0.160.